The van der Waals surface area contributed by atoms with Crippen molar-refractivity contribution in [1.82, 2.24) is 20.9 Å². The molecule has 3 aliphatic heterocycles. The third kappa shape index (κ3) is 3.82. The largest absolute Gasteiger partial charge is 0.322 e. The molecule has 2 saturated heterocycles. The number of carbonyl (C=O) groups is 3. The summed E-state index contributed by atoms with van der Waals surface area (Å²) in [7, 11) is 0. The van der Waals surface area contributed by atoms with E-state index < -0.39 is 6.04 Å². The SMILES string of the molecule is CC1(CNCc2ccc3c(c2)C(=O)N(C2CCC(=O)NC2=O)C3)CCNCC1. The summed E-state index contributed by atoms with van der Waals surface area (Å²) in [6.45, 7) is 6.58. The van der Waals surface area contributed by atoms with Crippen molar-refractivity contribution in [2.24, 2.45) is 5.41 Å². The van der Waals surface area contributed by atoms with Crippen molar-refractivity contribution in [3.8, 4) is 0 Å². The highest BCUT2D eigenvalue weighted by Gasteiger charge is 2.39. The molecule has 28 heavy (non-hydrogen) atoms. The Hall–Kier alpha value is -2.25. The third-order valence-electron chi connectivity index (χ3n) is 6.28. The van der Waals surface area contributed by atoms with E-state index in [4.69, 9.17) is 0 Å². The van der Waals surface area contributed by atoms with Crippen LogP contribution in [-0.4, -0.2) is 48.3 Å². The average Bonchev–Trinajstić information content (AvgIpc) is 2.98. The van der Waals surface area contributed by atoms with Crippen molar-refractivity contribution in [2.75, 3.05) is 19.6 Å². The summed E-state index contributed by atoms with van der Waals surface area (Å²) >= 11 is 0. The predicted molar refractivity (Wildman–Crippen MR) is 104 cm³/mol. The molecule has 0 radical (unpaired) electrons. The number of imide groups is 1. The van der Waals surface area contributed by atoms with Crippen LogP contribution in [-0.2, 0) is 22.7 Å². The van der Waals surface area contributed by atoms with E-state index in [1.54, 1.807) is 4.90 Å². The van der Waals surface area contributed by atoms with Crippen LogP contribution in [0, 0.1) is 5.41 Å². The zero-order chi connectivity index (χ0) is 19.7. The molecule has 1 unspecified atom stereocenters. The summed E-state index contributed by atoms with van der Waals surface area (Å²) < 4.78 is 0. The summed E-state index contributed by atoms with van der Waals surface area (Å²) in [6, 6.07) is 5.43. The second-order valence-corrected chi connectivity index (χ2v) is 8.56. The Morgan fingerprint density at radius 3 is 2.75 bits per heavy atom. The molecular formula is C21H28N4O3. The number of benzene rings is 1. The number of piperidine rings is 2. The fraction of sp³-hybridized carbons (Fsp3) is 0.571. The van der Waals surface area contributed by atoms with Gasteiger partial charge in [0, 0.05) is 31.6 Å². The smallest absolute Gasteiger partial charge is 0.255 e. The fourth-order valence-electron chi connectivity index (χ4n) is 4.43. The topological polar surface area (TPSA) is 90.5 Å². The minimum absolute atomic E-state index is 0.114. The first-order valence-electron chi connectivity index (χ1n) is 10.1. The van der Waals surface area contributed by atoms with Crippen LogP contribution >= 0.6 is 0 Å². The molecule has 1 aromatic rings. The number of hydrogen-bond acceptors (Lipinski definition) is 5. The monoisotopic (exact) mass is 384 g/mol. The molecule has 0 bridgehead atoms. The molecule has 4 rings (SSSR count). The zero-order valence-corrected chi connectivity index (χ0v) is 16.3. The molecule has 3 aliphatic rings. The van der Waals surface area contributed by atoms with Crippen LogP contribution in [0.2, 0.25) is 0 Å². The highest BCUT2D eigenvalue weighted by molar-refractivity contribution is 6.05. The van der Waals surface area contributed by atoms with E-state index in [1.807, 2.05) is 12.1 Å². The van der Waals surface area contributed by atoms with Gasteiger partial charge >= 0.3 is 0 Å². The summed E-state index contributed by atoms with van der Waals surface area (Å²) in [4.78, 5) is 38.0. The van der Waals surface area contributed by atoms with Crippen LogP contribution in [0.25, 0.3) is 0 Å². The molecule has 0 aliphatic carbocycles. The number of fused-ring (bicyclic) bond motifs is 1. The Balaban J connectivity index is 1.39. The van der Waals surface area contributed by atoms with E-state index in [2.05, 4.69) is 28.9 Å². The quantitative estimate of drug-likeness (QED) is 0.657. The number of nitrogens with one attached hydrogen (secondary N) is 3. The van der Waals surface area contributed by atoms with E-state index in [-0.39, 0.29) is 24.1 Å². The van der Waals surface area contributed by atoms with Crippen LogP contribution in [0.1, 0.15) is 54.1 Å². The molecule has 0 aromatic heterocycles. The van der Waals surface area contributed by atoms with Crippen molar-refractivity contribution >= 4 is 17.7 Å². The van der Waals surface area contributed by atoms with Crippen LogP contribution < -0.4 is 16.0 Å². The molecule has 0 spiro atoms. The Kier molecular flexibility index (Phi) is 5.21. The van der Waals surface area contributed by atoms with Crippen LogP contribution in [0.4, 0.5) is 0 Å². The van der Waals surface area contributed by atoms with E-state index in [0.717, 1.165) is 37.3 Å². The predicted octanol–water partition coefficient (Wildman–Crippen LogP) is 0.927. The Labute approximate surface area is 165 Å². The molecule has 1 aromatic carbocycles. The van der Waals surface area contributed by atoms with Crippen LogP contribution in [0.3, 0.4) is 0 Å². The minimum atomic E-state index is -0.556. The molecule has 3 heterocycles. The van der Waals surface area contributed by atoms with E-state index >= 15 is 0 Å². The maximum atomic E-state index is 12.9. The molecule has 3 N–H and O–H groups in total. The number of hydrogen-bond donors (Lipinski definition) is 3. The number of amides is 3. The van der Waals surface area contributed by atoms with Gasteiger partial charge < -0.3 is 15.5 Å². The van der Waals surface area contributed by atoms with Crippen LogP contribution in [0.15, 0.2) is 18.2 Å². The van der Waals surface area contributed by atoms with Crippen molar-refractivity contribution in [3.63, 3.8) is 0 Å². The van der Waals surface area contributed by atoms with Crippen molar-refractivity contribution < 1.29 is 14.4 Å². The fourth-order valence-corrected chi connectivity index (χ4v) is 4.43. The first-order chi connectivity index (χ1) is 13.5. The van der Waals surface area contributed by atoms with Gasteiger partial charge in [0.15, 0.2) is 0 Å². The normalized spacial score (nSPS) is 24.2. The van der Waals surface area contributed by atoms with Crippen molar-refractivity contribution in [2.45, 2.75) is 51.7 Å². The van der Waals surface area contributed by atoms with Gasteiger partial charge in [0.05, 0.1) is 0 Å². The molecule has 1 atom stereocenters. The third-order valence-corrected chi connectivity index (χ3v) is 6.28. The van der Waals surface area contributed by atoms with Gasteiger partial charge in [-0.1, -0.05) is 19.1 Å². The van der Waals surface area contributed by atoms with Crippen molar-refractivity contribution in [1.29, 1.82) is 0 Å². The molecule has 0 saturated carbocycles. The average molecular weight is 384 g/mol. The first-order valence-corrected chi connectivity index (χ1v) is 10.1. The second-order valence-electron chi connectivity index (χ2n) is 8.56. The molecule has 7 heteroatoms. The van der Waals surface area contributed by atoms with E-state index in [9.17, 15) is 14.4 Å². The summed E-state index contributed by atoms with van der Waals surface area (Å²) in [5.74, 6) is -0.743. The van der Waals surface area contributed by atoms with E-state index in [0.29, 0.717) is 23.9 Å². The Morgan fingerprint density at radius 1 is 1.21 bits per heavy atom. The second kappa shape index (κ2) is 7.64. The number of rotatable bonds is 5. The van der Waals surface area contributed by atoms with Gasteiger partial charge in [-0.05, 0) is 55.0 Å². The van der Waals surface area contributed by atoms with Crippen LogP contribution in [0.5, 0.6) is 0 Å². The zero-order valence-electron chi connectivity index (χ0n) is 16.3. The highest BCUT2D eigenvalue weighted by atomic mass is 16.2. The summed E-state index contributed by atoms with van der Waals surface area (Å²) in [5, 5.41) is 9.29. The molecule has 150 valence electrons. The number of carbonyl (C=O) groups excluding carboxylic acids is 3. The van der Waals surface area contributed by atoms with Crippen molar-refractivity contribution in [3.05, 3.63) is 34.9 Å². The Bertz CT molecular complexity index is 801. The standard InChI is InChI=1S/C21H28N4O3/c1-21(6-8-22-9-7-21)13-23-11-14-2-3-15-12-25(20(28)16(15)10-14)17-4-5-18(26)24-19(17)27/h2-3,10,17,22-23H,4-9,11-13H2,1H3,(H,24,26,27). The minimum Gasteiger partial charge on any atom is -0.322 e. The van der Waals surface area contributed by atoms with Gasteiger partial charge in [0.25, 0.3) is 5.91 Å². The lowest BCUT2D eigenvalue weighted by Gasteiger charge is -2.34. The summed E-state index contributed by atoms with van der Waals surface area (Å²) in [6.07, 6.45) is 3.01. The Morgan fingerprint density at radius 2 is 2.00 bits per heavy atom. The van der Waals surface area contributed by atoms with Gasteiger partial charge in [0.1, 0.15) is 6.04 Å². The van der Waals surface area contributed by atoms with Gasteiger partial charge in [-0.15, -0.1) is 0 Å². The highest BCUT2D eigenvalue weighted by Crippen LogP contribution is 2.29. The molecule has 7 nitrogen and oxygen atoms in total. The lowest BCUT2D eigenvalue weighted by Crippen LogP contribution is -2.52. The van der Waals surface area contributed by atoms with E-state index in [1.165, 1.54) is 12.8 Å². The maximum absolute atomic E-state index is 12.9. The molecule has 3 amide bonds. The number of nitrogens with zero attached hydrogens (tertiary/aromatic N) is 1. The maximum Gasteiger partial charge on any atom is 0.255 e. The first kappa shape index (κ1) is 19.1. The van der Waals surface area contributed by atoms with Gasteiger partial charge in [-0.25, -0.2) is 0 Å². The van der Waals surface area contributed by atoms with Gasteiger partial charge in [0.2, 0.25) is 11.8 Å². The van der Waals surface area contributed by atoms with Gasteiger partial charge in [-0.2, -0.15) is 0 Å². The molecule has 2 fully saturated rings. The van der Waals surface area contributed by atoms with Gasteiger partial charge in [-0.3, -0.25) is 19.7 Å². The lowest BCUT2D eigenvalue weighted by molar-refractivity contribution is -0.136. The summed E-state index contributed by atoms with van der Waals surface area (Å²) in [5.41, 5.74) is 3.02. The molecular weight excluding hydrogens is 356 g/mol. The lowest BCUT2D eigenvalue weighted by atomic mass is 9.81.